The molecule has 2 unspecified atom stereocenters. The lowest BCUT2D eigenvalue weighted by atomic mass is 9.97. The van der Waals surface area contributed by atoms with Crippen LogP contribution in [0.4, 0.5) is 0 Å². The minimum Gasteiger partial charge on any atom is -0.307 e. The van der Waals surface area contributed by atoms with Gasteiger partial charge in [-0.1, -0.05) is 29.8 Å². The summed E-state index contributed by atoms with van der Waals surface area (Å²) in [5, 5.41) is 4.58. The van der Waals surface area contributed by atoms with E-state index in [0.717, 1.165) is 5.02 Å². The number of nitrogens with one attached hydrogen (secondary N) is 1. The van der Waals surface area contributed by atoms with Gasteiger partial charge in [-0.2, -0.15) is 0 Å². The molecule has 0 aliphatic carbocycles. The summed E-state index contributed by atoms with van der Waals surface area (Å²) in [6.45, 7) is 5.67. The molecule has 0 spiro atoms. The van der Waals surface area contributed by atoms with E-state index in [1.807, 2.05) is 12.1 Å². The largest absolute Gasteiger partial charge is 0.307 e. The van der Waals surface area contributed by atoms with Crippen LogP contribution in [0.5, 0.6) is 0 Å². The van der Waals surface area contributed by atoms with Crippen LogP contribution in [0.15, 0.2) is 24.3 Å². The topological polar surface area (TPSA) is 15.3 Å². The zero-order valence-electron chi connectivity index (χ0n) is 11.5. The Hall–Kier alpha value is -0.570. The first-order chi connectivity index (χ1) is 8.58. The van der Waals surface area contributed by atoms with Crippen molar-refractivity contribution in [2.75, 3.05) is 13.6 Å². The van der Waals surface area contributed by atoms with E-state index in [1.165, 1.54) is 24.9 Å². The van der Waals surface area contributed by atoms with Crippen LogP contribution in [0.1, 0.15) is 38.3 Å². The molecule has 1 aromatic carbocycles. The Kier molecular flexibility index (Phi) is 4.66. The van der Waals surface area contributed by atoms with Gasteiger partial charge < -0.3 is 10.2 Å². The van der Waals surface area contributed by atoms with Gasteiger partial charge in [-0.05, 0) is 51.9 Å². The first-order valence-corrected chi connectivity index (χ1v) is 7.16. The third-order valence-corrected chi connectivity index (χ3v) is 4.41. The smallest absolute Gasteiger partial charge is 0.0453 e. The van der Waals surface area contributed by atoms with Crippen molar-refractivity contribution in [1.29, 1.82) is 0 Å². The van der Waals surface area contributed by atoms with E-state index in [0.29, 0.717) is 18.1 Å². The zero-order valence-corrected chi connectivity index (χ0v) is 12.2. The second-order valence-corrected chi connectivity index (χ2v) is 5.87. The molecule has 0 aromatic heterocycles. The number of halogens is 1. The second kappa shape index (κ2) is 6.05. The number of benzene rings is 1. The normalized spacial score (nSPS) is 27.1. The molecule has 1 heterocycles. The molecule has 2 nitrogen and oxygen atoms in total. The lowest BCUT2D eigenvalue weighted by Gasteiger charge is -2.36. The molecule has 3 heteroatoms. The van der Waals surface area contributed by atoms with Gasteiger partial charge in [0.2, 0.25) is 0 Å². The summed E-state index contributed by atoms with van der Waals surface area (Å²) in [4.78, 5) is 2.43. The molecule has 18 heavy (non-hydrogen) atoms. The van der Waals surface area contributed by atoms with Crippen LogP contribution in [0.2, 0.25) is 5.02 Å². The first kappa shape index (κ1) is 13.9. The lowest BCUT2D eigenvalue weighted by molar-refractivity contribution is 0.163. The molecule has 0 radical (unpaired) electrons. The highest BCUT2D eigenvalue weighted by Gasteiger charge is 2.24. The summed E-state index contributed by atoms with van der Waals surface area (Å²) in [7, 11) is 2.21. The minimum absolute atomic E-state index is 0.319. The molecule has 1 aliphatic rings. The second-order valence-electron chi connectivity index (χ2n) is 5.46. The summed E-state index contributed by atoms with van der Waals surface area (Å²) in [5.74, 6) is 0. The van der Waals surface area contributed by atoms with Crippen LogP contribution in [-0.4, -0.2) is 30.6 Å². The number of piperidine rings is 1. The first-order valence-electron chi connectivity index (χ1n) is 6.78. The molecular weight excluding hydrogens is 244 g/mol. The third kappa shape index (κ3) is 3.25. The maximum atomic E-state index is 6.24. The van der Waals surface area contributed by atoms with Gasteiger partial charge >= 0.3 is 0 Å². The summed E-state index contributed by atoms with van der Waals surface area (Å²) in [6.07, 6.45) is 2.43. The summed E-state index contributed by atoms with van der Waals surface area (Å²) in [5.41, 5.74) is 1.20. The van der Waals surface area contributed by atoms with Crippen molar-refractivity contribution in [3.05, 3.63) is 34.9 Å². The fourth-order valence-corrected chi connectivity index (χ4v) is 3.01. The van der Waals surface area contributed by atoms with Crippen molar-refractivity contribution < 1.29 is 0 Å². The monoisotopic (exact) mass is 266 g/mol. The van der Waals surface area contributed by atoms with Gasteiger partial charge in [0.15, 0.2) is 0 Å². The molecule has 1 N–H and O–H groups in total. The van der Waals surface area contributed by atoms with E-state index in [2.05, 4.69) is 43.2 Å². The van der Waals surface area contributed by atoms with Crippen molar-refractivity contribution in [3.8, 4) is 0 Å². The average molecular weight is 267 g/mol. The summed E-state index contributed by atoms with van der Waals surface area (Å²) >= 11 is 6.24. The van der Waals surface area contributed by atoms with Gasteiger partial charge in [-0.25, -0.2) is 0 Å². The number of rotatable bonds is 3. The van der Waals surface area contributed by atoms with Crippen molar-refractivity contribution in [2.45, 2.75) is 44.8 Å². The Balaban J connectivity index is 1.96. The van der Waals surface area contributed by atoms with Gasteiger partial charge in [-0.3, -0.25) is 0 Å². The van der Waals surface area contributed by atoms with Crippen molar-refractivity contribution in [1.82, 2.24) is 10.2 Å². The van der Waals surface area contributed by atoms with Crippen LogP contribution in [-0.2, 0) is 0 Å². The zero-order chi connectivity index (χ0) is 13.1. The standard InChI is InChI=1S/C15H23ClN2/c1-11-10-13(8-9-18(11)3)17-12(2)14-6-4-5-7-15(14)16/h4-7,11-13,17H,8-10H2,1-3H3/t11?,12-,13?/m0/s1. The van der Waals surface area contributed by atoms with Crippen molar-refractivity contribution in [3.63, 3.8) is 0 Å². The highest BCUT2D eigenvalue weighted by molar-refractivity contribution is 6.31. The van der Waals surface area contributed by atoms with Crippen LogP contribution < -0.4 is 5.32 Å². The average Bonchev–Trinajstić information content (AvgIpc) is 2.34. The molecule has 100 valence electrons. The quantitative estimate of drug-likeness (QED) is 0.901. The molecular formula is C15H23ClN2. The highest BCUT2D eigenvalue weighted by Crippen LogP contribution is 2.24. The molecule has 1 aromatic rings. The lowest BCUT2D eigenvalue weighted by Crippen LogP contribution is -2.46. The minimum atomic E-state index is 0.319. The molecule has 3 atom stereocenters. The molecule has 0 amide bonds. The van der Waals surface area contributed by atoms with Crippen LogP contribution in [0.3, 0.4) is 0 Å². The fourth-order valence-electron chi connectivity index (χ4n) is 2.71. The Morgan fingerprint density at radius 2 is 2.11 bits per heavy atom. The number of hydrogen-bond donors (Lipinski definition) is 1. The van der Waals surface area contributed by atoms with Crippen LogP contribution in [0.25, 0.3) is 0 Å². The van der Waals surface area contributed by atoms with Crippen LogP contribution >= 0.6 is 11.6 Å². The Labute approximate surface area is 115 Å². The molecule has 0 bridgehead atoms. The summed E-state index contributed by atoms with van der Waals surface area (Å²) < 4.78 is 0. The molecule has 1 fully saturated rings. The van der Waals surface area contributed by atoms with Gasteiger partial charge in [-0.15, -0.1) is 0 Å². The predicted molar refractivity (Wildman–Crippen MR) is 78.1 cm³/mol. The fraction of sp³-hybridized carbons (Fsp3) is 0.600. The van der Waals surface area contributed by atoms with E-state index in [9.17, 15) is 0 Å². The van der Waals surface area contributed by atoms with Crippen molar-refractivity contribution >= 4 is 11.6 Å². The maximum Gasteiger partial charge on any atom is 0.0453 e. The van der Waals surface area contributed by atoms with Gasteiger partial charge in [0.05, 0.1) is 0 Å². The molecule has 1 aliphatic heterocycles. The van der Waals surface area contributed by atoms with Gasteiger partial charge in [0.25, 0.3) is 0 Å². The van der Waals surface area contributed by atoms with Gasteiger partial charge in [0, 0.05) is 23.1 Å². The predicted octanol–water partition coefficient (Wildman–Crippen LogP) is 3.47. The summed E-state index contributed by atoms with van der Waals surface area (Å²) in [6, 6.07) is 9.69. The SMILES string of the molecule is CC1CC(N[C@@H](C)c2ccccc2Cl)CCN1C. The van der Waals surface area contributed by atoms with E-state index in [1.54, 1.807) is 0 Å². The number of hydrogen-bond acceptors (Lipinski definition) is 2. The number of likely N-dealkylation sites (tertiary alicyclic amines) is 1. The van der Waals surface area contributed by atoms with E-state index in [4.69, 9.17) is 11.6 Å². The molecule has 0 saturated carbocycles. The number of nitrogens with zero attached hydrogens (tertiary/aromatic N) is 1. The Bertz CT molecular complexity index is 394. The Morgan fingerprint density at radius 3 is 2.78 bits per heavy atom. The van der Waals surface area contributed by atoms with Gasteiger partial charge in [0.1, 0.15) is 0 Å². The maximum absolute atomic E-state index is 6.24. The Morgan fingerprint density at radius 1 is 1.39 bits per heavy atom. The van der Waals surface area contributed by atoms with E-state index < -0.39 is 0 Å². The van der Waals surface area contributed by atoms with Crippen LogP contribution in [0, 0.1) is 0 Å². The highest BCUT2D eigenvalue weighted by atomic mass is 35.5. The molecule has 1 saturated heterocycles. The third-order valence-electron chi connectivity index (χ3n) is 4.07. The van der Waals surface area contributed by atoms with Crippen molar-refractivity contribution in [2.24, 2.45) is 0 Å². The van der Waals surface area contributed by atoms with E-state index in [-0.39, 0.29) is 0 Å². The molecule has 2 rings (SSSR count). The van der Waals surface area contributed by atoms with E-state index >= 15 is 0 Å².